The van der Waals surface area contributed by atoms with E-state index in [1.165, 1.54) is 12.8 Å². The summed E-state index contributed by atoms with van der Waals surface area (Å²) in [6.45, 7) is 4.47. The molecule has 1 aliphatic rings. The molecule has 0 bridgehead atoms. The minimum atomic E-state index is -0.549. The fraction of sp³-hybridized carbons (Fsp3) is 0.444. The van der Waals surface area contributed by atoms with E-state index in [2.05, 4.69) is 25.5 Å². The van der Waals surface area contributed by atoms with Crippen LogP contribution in [-0.2, 0) is 0 Å². The summed E-state index contributed by atoms with van der Waals surface area (Å²) in [6.07, 6.45) is 1.89. The summed E-state index contributed by atoms with van der Waals surface area (Å²) in [5, 5.41) is 16.0. The molecule has 1 atom stereocenters. The number of anilines is 4. The van der Waals surface area contributed by atoms with Crippen molar-refractivity contribution in [1.82, 2.24) is 9.97 Å². The third-order valence-electron chi connectivity index (χ3n) is 4.13. The average molecular weight is 362 g/mol. The van der Waals surface area contributed by atoms with E-state index in [1.807, 2.05) is 37.3 Å². The number of aromatic nitrogens is 2. The van der Waals surface area contributed by atoms with Crippen molar-refractivity contribution >= 4 is 34.6 Å². The first-order valence-electron chi connectivity index (χ1n) is 8.59. The predicted molar refractivity (Wildman–Crippen MR) is 103 cm³/mol. The standard InChI is InChI=1S/C18H24ClN5O/c1-13-21-17(10-18(22-13)24-8-2-3-9-24)23-15-6-4-14(5-7-15)20-12-16(25)11-19/h4-7,10,16,20,25H,2-3,8-9,11-12H2,1H3,(H,21,22,23). The van der Waals surface area contributed by atoms with Gasteiger partial charge in [0.2, 0.25) is 0 Å². The lowest BCUT2D eigenvalue weighted by molar-refractivity contribution is 0.211. The summed E-state index contributed by atoms with van der Waals surface area (Å²) in [6, 6.07) is 9.86. The number of nitrogens with one attached hydrogen (secondary N) is 2. The lowest BCUT2D eigenvalue weighted by atomic mass is 10.2. The molecule has 134 valence electrons. The Bertz CT molecular complexity index is 688. The van der Waals surface area contributed by atoms with Crippen LogP contribution in [0.4, 0.5) is 23.0 Å². The Morgan fingerprint density at radius 3 is 2.52 bits per heavy atom. The summed E-state index contributed by atoms with van der Waals surface area (Å²) in [5.41, 5.74) is 1.89. The van der Waals surface area contributed by atoms with Gasteiger partial charge in [-0.1, -0.05) is 0 Å². The second-order valence-corrected chi connectivity index (χ2v) is 6.55. The highest BCUT2D eigenvalue weighted by atomic mass is 35.5. The van der Waals surface area contributed by atoms with Crippen molar-refractivity contribution < 1.29 is 5.11 Å². The molecule has 0 spiro atoms. The quantitative estimate of drug-likeness (QED) is 0.658. The van der Waals surface area contributed by atoms with Crippen molar-refractivity contribution in [2.75, 3.05) is 41.0 Å². The maximum Gasteiger partial charge on any atom is 0.136 e. The lowest BCUT2D eigenvalue weighted by Gasteiger charge is -2.18. The normalized spacial score (nSPS) is 15.2. The van der Waals surface area contributed by atoms with Crippen molar-refractivity contribution in [3.05, 3.63) is 36.2 Å². The van der Waals surface area contributed by atoms with Crippen LogP contribution in [0.5, 0.6) is 0 Å². The Balaban J connectivity index is 1.65. The van der Waals surface area contributed by atoms with Crippen LogP contribution in [-0.4, -0.2) is 46.7 Å². The first-order valence-corrected chi connectivity index (χ1v) is 9.13. The van der Waals surface area contributed by atoms with E-state index in [4.69, 9.17) is 11.6 Å². The highest BCUT2D eigenvalue weighted by Crippen LogP contribution is 2.23. The lowest BCUT2D eigenvalue weighted by Crippen LogP contribution is -2.20. The molecule has 3 N–H and O–H groups in total. The number of aliphatic hydroxyl groups is 1. The number of hydrogen-bond acceptors (Lipinski definition) is 6. The zero-order chi connectivity index (χ0) is 17.6. The van der Waals surface area contributed by atoms with Crippen molar-refractivity contribution in [2.24, 2.45) is 0 Å². The van der Waals surface area contributed by atoms with Crippen LogP contribution >= 0.6 is 11.6 Å². The van der Waals surface area contributed by atoms with E-state index in [0.29, 0.717) is 6.54 Å². The number of rotatable bonds is 7. The molecule has 3 rings (SSSR count). The van der Waals surface area contributed by atoms with Crippen LogP contribution in [0.3, 0.4) is 0 Å². The first-order chi connectivity index (χ1) is 12.1. The van der Waals surface area contributed by atoms with Gasteiger partial charge in [0.25, 0.3) is 0 Å². The SMILES string of the molecule is Cc1nc(Nc2ccc(NCC(O)CCl)cc2)cc(N2CCCC2)n1. The van der Waals surface area contributed by atoms with Gasteiger partial charge < -0.3 is 20.6 Å². The maximum absolute atomic E-state index is 9.49. The highest BCUT2D eigenvalue weighted by Gasteiger charge is 2.15. The molecule has 7 heteroatoms. The molecule has 1 unspecified atom stereocenters. The molecule has 2 heterocycles. The molecule has 1 saturated heterocycles. The minimum absolute atomic E-state index is 0.221. The van der Waals surface area contributed by atoms with Gasteiger partial charge in [-0.3, -0.25) is 0 Å². The van der Waals surface area contributed by atoms with Gasteiger partial charge in [0, 0.05) is 37.1 Å². The Kier molecular flexibility index (Phi) is 5.94. The van der Waals surface area contributed by atoms with Crippen LogP contribution in [0.1, 0.15) is 18.7 Å². The maximum atomic E-state index is 9.49. The zero-order valence-corrected chi connectivity index (χ0v) is 15.1. The number of benzene rings is 1. The largest absolute Gasteiger partial charge is 0.390 e. The monoisotopic (exact) mass is 361 g/mol. The molecule has 0 radical (unpaired) electrons. The molecule has 25 heavy (non-hydrogen) atoms. The van der Waals surface area contributed by atoms with Crippen LogP contribution in [0.25, 0.3) is 0 Å². The molecule has 0 saturated carbocycles. The average Bonchev–Trinajstić information content (AvgIpc) is 3.15. The number of aliphatic hydroxyl groups excluding tert-OH is 1. The summed E-state index contributed by atoms with van der Waals surface area (Å²) in [5.74, 6) is 2.77. The molecular formula is C18H24ClN5O. The Morgan fingerprint density at radius 1 is 1.16 bits per heavy atom. The van der Waals surface area contributed by atoms with Gasteiger partial charge in [-0.2, -0.15) is 0 Å². The Morgan fingerprint density at radius 2 is 1.84 bits per heavy atom. The number of alkyl halides is 1. The Labute approximate surface area is 153 Å². The van der Waals surface area contributed by atoms with Crippen molar-refractivity contribution in [3.63, 3.8) is 0 Å². The number of nitrogens with zero attached hydrogens (tertiary/aromatic N) is 3. The minimum Gasteiger partial charge on any atom is -0.390 e. The predicted octanol–water partition coefficient (Wildman–Crippen LogP) is 3.14. The van der Waals surface area contributed by atoms with Gasteiger partial charge in [-0.15, -0.1) is 11.6 Å². The van der Waals surface area contributed by atoms with Gasteiger partial charge in [0.15, 0.2) is 0 Å². The highest BCUT2D eigenvalue weighted by molar-refractivity contribution is 6.18. The summed E-state index contributed by atoms with van der Waals surface area (Å²) in [4.78, 5) is 11.3. The summed E-state index contributed by atoms with van der Waals surface area (Å²) in [7, 11) is 0. The molecule has 6 nitrogen and oxygen atoms in total. The number of aryl methyl sites for hydroxylation is 1. The van der Waals surface area contributed by atoms with E-state index >= 15 is 0 Å². The first kappa shape index (κ1) is 17.8. The molecule has 0 amide bonds. The molecule has 1 aromatic carbocycles. The molecule has 1 aromatic heterocycles. The van der Waals surface area contributed by atoms with Gasteiger partial charge in [-0.05, 0) is 44.0 Å². The van der Waals surface area contributed by atoms with Crippen LogP contribution in [0.15, 0.2) is 30.3 Å². The van der Waals surface area contributed by atoms with E-state index in [0.717, 1.165) is 41.9 Å². The van der Waals surface area contributed by atoms with Gasteiger partial charge in [0.1, 0.15) is 17.5 Å². The van der Waals surface area contributed by atoms with Crippen LogP contribution < -0.4 is 15.5 Å². The second kappa shape index (κ2) is 8.36. The summed E-state index contributed by atoms with van der Waals surface area (Å²) < 4.78 is 0. The van der Waals surface area contributed by atoms with Crippen molar-refractivity contribution in [3.8, 4) is 0 Å². The number of halogens is 1. The molecule has 1 fully saturated rings. The third-order valence-corrected chi connectivity index (χ3v) is 4.49. The van der Waals surface area contributed by atoms with Crippen LogP contribution in [0, 0.1) is 6.92 Å². The zero-order valence-electron chi connectivity index (χ0n) is 14.4. The molecule has 1 aliphatic heterocycles. The van der Waals surface area contributed by atoms with E-state index in [-0.39, 0.29) is 5.88 Å². The van der Waals surface area contributed by atoms with Gasteiger partial charge >= 0.3 is 0 Å². The Hall–Kier alpha value is -2.05. The molecule has 0 aliphatic carbocycles. The van der Waals surface area contributed by atoms with Gasteiger partial charge in [0.05, 0.1) is 12.0 Å². The topological polar surface area (TPSA) is 73.3 Å². The van der Waals surface area contributed by atoms with Crippen molar-refractivity contribution in [1.29, 1.82) is 0 Å². The number of hydrogen-bond donors (Lipinski definition) is 3. The summed E-state index contributed by atoms with van der Waals surface area (Å²) >= 11 is 5.59. The smallest absolute Gasteiger partial charge is 0.136 e. The second-order valence-electron chi connectivity index (χ2n) is 6.24. The third kappa shape index (κ3) is 4.96. The fourth-order valence-electron chi connectivity index (χ4n) is 2.83. The molecular weight excluding hydrogens is 338 g/mol. The fourth-order valence-corrected chi connectivity index (χ4v) is 2.94. The molecule has 2 aromatic rings. The van der Waals surface area contributed by atoms with E-state index < -0.39 is 6.10 Å². The van der Waals surface area contributed by atoms with Gasteiger partial charge in [-0.25, -0.2) is 9.97 Å². The van der Waals surface area contributed by atoms with Crippen LogP contribution in [0.2, 0.25) is 0 Å². The van der Waals surface area contributed by atoms with E-state index in [1.54, 1.807) is 0 Å². The van der Waals surface area contributed by atoms with Crippen molar-refractivity contribution in [2.45, 2.75) is 25.9 Å². The van der Waals surface area contributed by atoms with E-state index in [9.17, 15) is 5.11 Å².